The number of urea groups is 1. The van der Waals surface area contributed by atoms with Gasteiger partial charge in [-0.15, -0.1) is 11.3 Å². The number of thiophene rings is 1. The number of halogens is 1. The highest BCUT2D eigenvalue weighted by molar-refractivity contribution is 9.11. The van der Waals surface area contributed by atoms with Crippen molar-refractivity contribution in [1.82, 2.24) is 9.80 Å². The molecule has 2 heterocycles. The van der Waals surface area contributed by atoms with Gasteiger partial charge >= 0.3 is 12.0 Å². The molecule has 0 aromatic carbocycles. The Kier molecular flexibility index (Phi) is 7.11. The molecule has 10 heteroatoms. The summed E-state index contributed by atoms with van der Waals surface area (Å²) in [5, 5.41) is 0. The number of carbonyl (C=O) groups is 4. The van der Waals surface area contributed by atoms with Crippen molar-refractivity contribution in [3.05, 3.63) is 14.7 Å². The molecule has 2 saturated carbocycles. The molecule has 0 atom stereocenters. The Morgan fingerprint density at radius 1 is 1.12 bits per heavy atom. The summed E-state index contributed by atoms with van der Waals surface area (Å²) in [5.74, 6) is -0.0640. The summed E-state index contributed by atoms with van der Waals surface area (Å²) in [4.78, 5) is 56.9. The van der Waals surface area contributed by atoms with Crippen LogP contribution in [-0.4, -0.2) is 66.4 Å². The predicted octanol–water partition coefficient (Wildman–Crippen LogP) is 4.66. The number of rotatable bonds is 4. The summed E-state index contributed by atoms with van der Waals surface area (Å²) in [6, 6.07) is 1.38. The molecule has 34 heavy (non-hydrogen) atoms. The van der Waals surface area contributed by atoms with Gasteiger partial charge in [0.15, 0.2) is 0 Å². The quantitative estimate of drug-likeness (QED) is 0.399. The van der Waals surface area contributed by atoms with E-state index >= 15 is 0 Å². The molecule has 1 aliphatic heterocycles. The minimum absolute atomic E-state index is 0.0441. The first kappa shape index (κ1) is 25.2. The third-order valence-electron chi connectivity index (χ3n) is 7.98. The van der Waals surface area contributed by atoms with E-state index in [-0.39, 0.29) is 29.8 Å². The Labute approximate surface area is 212 Å². The molecule has 4 rings (SSSR count). The molecule has 1 saturated heterocycles. The van der Waals surface area contributed by atoms with Gasteiger partial charge in [-0.1, -0.05) is 6.92 Å². The van der Waals surface area contributed by atoms with Gasteiger partial charge in [-0.2, -0.15) is 0 Å². The fourth-order valence-corrected chi connectivity index (χ4v) is 7.30. The van der Waals surface area contributed by atoms with Crippen molar-refractivity contribution in [2.45, 2.75) is 69.9 Å². The summed E-state index contributed by atoms with van der Waals surface area (Å²) in [6.45, 7) is 2.22. The molecule has 186 valence electrons. The molecule has 2 aliphatic carbocycles. The van der Waals surface area contributed by atoms with E-state index < -0.39 is 11.5 Å². The second-order valence-electron chi connectivity index (χ2n) is 9.89. The van der Waals surface area contributed by atoms with Crippen LogP contribution in [0.5, 0.6) is 0 Å². The van der Waals surface area contributed by atoms with Crippen molar-refractivity contribution in [3.63, 3.8) is 0 Å². The minimum Gasteiger partial charge on any atom is -0.465 e. The van der Waals surface area contributed by atoms with Crippen LogP contribution < -0.4 is 4.90 Å². The van der Waals surface area contributed by atoms with Crippen LogP contribution in [0.1, 0.15) is 68.0 Å². The van der Waals surface area contributed by atoms with E-state index in [0.29, 0.717) is 42.2 Å². The lowest BCUT2D eigenvalue weighted by Crippen LogP contribution is -2.55. The number of carbonyl (C=O) groups excluding carboxylic acids is 4. The summed E-state index contributed by atoms with van der Waals surface area (Å²) >= 11 is 4.74. The van der Waals surface area contributed by atoms with Gasteiger partial charge in [0.25, 0.3) is 5.91 Å². The van der Waals surface area contributed by atoms with Crippen LogP contribution in [0, 0.1) is 11.8 Å². The number of hydrogen-bond donors (Lipinski definition) is 0. The molecule has 0 bridgehead atoms. The molecule has 1 aromatic rings. The third-order valence-corrected chi connectivity index (χ3v) is 9.59. The maximum Gasteiger partial charge on any atom is 0.350 e. The first-order valence-electron chi connectivity index (χ1n) is 11.9. The summed E-state index contributed by atoms with van der Waals surface area (Å²) in [5.41, 5.74) is -0.273. The molecular formula is C24H32BrN3O5S. The van der Waals surface area contributed by atoms with Crippen molar-refractivity contribution in [2.24, 2.45) is 11.8 Å². The predicted molar refractivity (Wildman–Crippen MR) is 133 cm³/mol. The zero-order valence-corrected chi connectivity index (χ0v) is 22.5. The SMILES string of the molecule is COC(=O)c1sc(Br)cc1N(C(=O)C1CCC(C)CC1)C1CCC2(CC1)C(=O)N(C)C(=O)N2C. The van der Waals surface area contributed by atoms with Gasteiger partial charge in [-0.05, 0) is 79.3 Å². The van der Waals surface area contributed by atoms with E-state index in [9.17, 15) is 19.2 Å². The lowest BCUT2D eigenvalue weighted by molar-refractivity contribution is -0.133. The summed E-state index contributed by atoms with van der Waals surface area (Å²) in [7, 11) is 4.54. The molecular weight excluding hydrogens is 522 g/mol. The molecule has 0 N–H and O–H groups in total. The first-order chi connectivity index (χ1) is 16.1. The Bertz CT molecular complexity index is 995. The van der Waals surface area contributed by atoms with E-state index in [1.807, 2.05) is 11.0 Å². The second-order valence-corrected chi connectivity index (χ2v) is 12.3. The molecule has 8 nitrogen and oxygen atoms in total. The van der Waals surface area contributed by atoms with E-state index in [1.165, 1.54) is 30.4 Å². The Morgan fingerprint density at radius 3 is 2.26 bits per heavy atom. The number of methoxy groups -OCH3 is 1. The largest absolute Gasteiger partial charge is 0.465 e. The monoisotopic (exact) mass is 553 g/mol. The molecule has 3 fully saturated rings. The van der Waals surface area contributed by atoms with Crippen LogP contribution in [0.15, 0.2) is 9.85 Å². The standard InChI is InChI=1S/C24H32BrN3O5S/c1-14-5-7-15(8-6-14)20(29)28(17-13-18(25)34-19(17)21(30)33-4)16-9-11-24(12-10-16)22(31)26(2)23(32)27(24)3/h13-16H,5-12H2,1-4H3. The Morgan fingerprint density at radius 2 is 1.74 bits per heavy atom. The number of likely N-dealkylation sites (N-methyl/N-ethyl adjacent to an activating group) is 2. The number of ether oxygens (including phenoxy) is 1. The molecule has 1 aromatic heterocycles. The van der Waals surface area contributed by atoms with Crippen LogP contribution in [0.3, 0.4) is 0 Å². The zero-order chi connectivity index (χ0) is 24.8. The van der Waals surface area contributed by atoms with Crippen molar-refractivity contribution >= 4 is 56.8 Å². The highest BCUT2D eigenvalue weighted by atomic mass is 79.9. The van der Waals surface area contributed by atoms with Crippen molar-refractivity contribution in [3.8, 4) is 0 Å². The number of hydrogen-bond acceptors (Lipinski definition) is 6. The molecule has 3 aliphatic rings. The lowest BCUT2D eigenvalue weighted by Gasteiger charge is -2.43. The number of imide groups is 1. The molecule has 1 spiro atoms. The minimum atomic E-state index is -0.849. The van der Waals surface area contributed by atoms with E-state index in [1.54, 1.807) is 11.9 Å². The van der Waals surface area contributed by atoms with Gasteiger partial charge in [0, 0.05) is 26.1 Å². The average Bonchev–Trinajstić information content (AvgIpc) is 3.29. The average molecular weight is 555 g/mol. The van der Waals surface area contributed by atoms with Gasteiger partial charge < -0.3 is 14.5 Å². The zero-order valence-electron chi connectivity index (χ0n) is 20.1. The van der Waals surface area contributed by atoms with E-state index in [0.717, 1.165) is 29.5 Å². The number of amides is 4. The maximum atomic E-state index is 13.9. The van der Waals surface area contributed by atoms with E-state index in [2.05, 4.69) is 22.9 Å². The number of esters is 1. The van der Waals surface area contributed by atoms with Crippen LogP contribution in [0.2, 0.25) is 0 Å². The van der Waals surface area contributed by atoms with Gasteiger partial charge in [-0.3, -0.25) is 14.5 Å². The number of anilines is 1. The first-order valence-corrected chi connectivity index (χ1v) is 13.5. The van der Waals surface area contributed by atoms with Gasteiger partial charge in [0.1, 0.15) is 10.4 Å². The Hall–Kier alpha value is -1.94. The molecule has 0 radical (unpaired) electrons. The van der Waals surface area contributed by atoms with Crippen LogP contribution in [0.4, 0.5) is 10.5 Å². The second kappa shape index (κ2) is 9.60. The lowest BCUT2D eigenvalue weighted by atomic mass is 9.77. The fraction of sp³-hybridized carbons (Fsp3) is 0.667. The van der Waals surface area contributed by atoms with Crippen molar-refractivity contribution in [1.29, 1.82) is 0 Å². The molecule has 0 unspecified atom stereocenters. The topological polar surface area (TPSA) is 87.2 Å². The fourth-order valence-electron chi connectivity index (χ4n) is 5.81. The van der Waals surface area contributed by atoms with Gasteiger partial charge in [-0.25, -0.2) is 9.59 Å². The smallest absolute Gasteiger partial charge is 0.350 e. The van der Waals surface area contributed by atoms with Crippen LogP contribution in [0.25, 0.3) is 0 Å². The van der Waals surface area contributed by atoms with Gasteiger partial charge in [0.05, 0.1) is 16.6 Å². The maximum absolute atomic E-state index is 13.9. The Balaban J connectivity index is 1.65. The highest BCUT2D eigenvalue weighted by Crippen LogP contribution is 2.44. The normalized spacial score (nSPS) is 29.6. The van der Waals surface area contributed by atoms with Gasteiger partial charge in [0.2, 0.25) is 5.91 Å². The van der Waals surface area contributed by atoms with Crippen molar-refractivity contribution < 1.29 is 23.9 Å². The van der Waals surface area contributed by atoms with Crippen molar-refractivity contribution in [2.75, 3.05) is 26.1 Å². The molecule has 4 amide bonds. The summed E-state index contributed by atoms with van der Waals surface area (Å²) in [6.07, 6.45) is 5.81. The number of nitrogens with zero attached hydrogens (tertiary/aromatic N) is 3. The van der Waals surface area contributed by atoms with Crippen LogP contribution >= 0.6 is 27.3 Å². The third kappa shape index (κ3) is 4.17. The highest BCUT2D eigenvalue weighted by Gasteiger charge is 2.56. The summed E-state index contributed by atoms with van der Waals surface area (Å²) < 4.78 is 5.77. The van der Waals surface area contributed by atoms with E-state index in [4.69, 9.17) is 4.74 Å². The van der Waals surface area contributed by atoms with Crippen LogP contribution in [-0.2, 0) is 14.3 Å².